The summed E-state index contributed by atoms with van der Waals surface area (Å²) in [6.07, 6.45) is 1.08. The van der Waals surface area contributed by atoms with Crippen molar-refractivity contribution in [3.05, 3.63) is 96.1 Å². The molecule has 0 radical (unpaired) electrons. The number of rotatable bonds is 4. The monoisotopic (exact) mass is 380 g/mol. The highest BCUT2D eigenvalue weighted by Crippen LogP contribution is 2.35. The number of nitrogens with zero attached hydrogens (tertiary/aromatic N) is 4. The molecule has 142 valence electrons. The molecule has 0 saturated carbocycles. The highest BCUT2D eigenvalue weighted by molar-refractivity contribution is 5.98. The largest absolute Gasteiger partial charge is 0.306 e. The average Bonchev–Trinajstić information content (AvgIpc) is 3.20. The molecule has 1 aromatic heterocycles. The van der Waals surface area contributed by atoms with Gasteiger partial charge in [-0.25, -0.2) is 4.68 Å². The van der Waals surface area contributed by atoms with Gasteiger partial charge in [0.25, 0.3) is 0 Å². The van der Waals surface area contributed by atoms with Crippen molar-refractivity contribution in [1.82, 2.24) is 19.9 Å². The molecule has 4 aromatic rings. The Morgan fingerprint density at radius 2 is 1.48 bits per heavy atom. The number of aromatic nitrogens is 3. The van der Waals surface area contributed by atoms with E-state index in [0.717, 1.165) is 33.6 Å². The van der Waals surface area contributed by atoms with Crippen molar-refractivity contribution in [1.29, 1.82) is 0 Å². The third kappa shape index (κ3) is 3.21. The predicted octanol–water partition coefficient (Wildman–Crippen LogP) is 4.58. The first-order valence-corrected chi connectivity index (χ1v) is 9.75. The maximum atomic E-state index is 13.0. The molecule has 0 N–H and O–H groups in total. The minimum Gasteiger partial charge on any atom is -0.306 e. The molecule has 0 unspecified atom stereocenters. The Bertz CT molecular complexity index is 1200. The van der Waals surface area contributed by atoms with Crippen molar-refractivity contribution < 1.29 is 4.79 Å². The first kappa shape index (κ1) is 17.4. The molecule has 0 atom stereocenters. The van der Waals surface area contributed by atoms with Gasteiger partial charge in [0.2, 0.25) is 5.91 Å². The van der Waals surface area contributed by atoms with Crippen LogP contribution in [0.3, 0.4) is 0 Å². The molecule has 5 heteroatoms. The lowest BCUT2D eigenvalue weighted by Crippen LogP contribution is -2.34. The van der Waals surface area contributed by atoms with E-state index in [1.807, 2.05) is 82.4 Å². The number of para-hydroxylation sites is 1. The van der Waals surface area contributed by atoms with Crippen LogP contribution in [-0.2, 0) is 11.3 Å². The molecule has 5 nitrogen and oxygen atoms in total. The quantitative estimate of drug-likeness (QED) is 0.521. The second kappa shape index (κ2) is 7.36. The Morgan fingerprint density at radius 3 is 2.28 bits per heavy atom. The summed E-state index contributed by atoms with van der Waals surface area (Å²) in [7, 11) is 0. The molecule has 0 fully saturated rings. The van der Waals surface area contributed by atoms with Gasteiger partial charge in [0, 0.05) is 18.4 Å². The molecule has 0 spiro atoms. The van der Waals surface area contributed by atoms with E-state index in [9.17, 15) is 4.79 Å². The standard InChI is InChI=1S/C24H20N4O/c29-23-16-15-22(28-21-14-8-7-13-20(21)25-26-28)24(19-11-5-2-6-12-19)27(23)17-18-9-3-1-4-10-18/h1-14H,15-17H2. The number of carbonyl (C=O) groups is 1. The zero-order chi connectivity index (χ0) is 19.6. The Labute approximate surface area is 168 Å². The van der Waals surface area contributed by atoms with Crippen LogP contribution in [0.15, 0.2) is 84.9 Å². The molecule has 0 saturated heterocycles. The lowest BCUT2D eigenvalue weighted by Gasteiger charge is -2.32. The van der Waals surface area contributed by atoms with E-state index >= 15 is 0 Å². The van der Waals surface area contributed by atoms with Crippen LogP contribution in [0, 0.1) is 0 Å². The molecule has 1 aliphatic heterocycles. The molecule has 29 heavy (non-hydrogen) atoms. The van der Waals surface area contributed by atoms with Crippen molar-refractivity contribution in [3.8, 4) is 0 Å². The van der Waals surface area contributed by atoms with Crippen LogP contribution in [0.2, 0.25) is 0 Å². The average molecular weight is 380 g/mol. The summed E-state index contributed by atoms with van der Waals surface area (Å²) >= 11 is 0. The Kier molecular flexibility index (Phi) is 4.41. The van der Waals surface area contributed by atoms with Crippen LogP contribution in [0.5, 0.6) is 0 Å². The van der Waals surface area contributed by atoms with Crippen LogP contribution in [0.25, 0.3) is 22.4 Å². The number of fused-ring (bicyclic) bond motifs is 1. The van der Waals surface area contributed by atoms with E-state index in [-0.39, 0.29) is 5.91 Å². The van der Waals surface area contributed by atoms with Crippen LogP contribution < -0.4 is 0 Å². The van der Waals surface area contributed by atoms with Gasteiger partial charge < -0.3 is 4.90 Å². The number of carbonyl (C=O) groups excluding carboxylic acids is 1. The number of hydrogen-bond donors (Lipinski definition) is 0. The highest BCUT2D eigenvalue weighted by atomic mass is 16.2. The fourth-order valence-corrected chi connectivity index (χ4v) is 3.89. The molecule has 1 aliphatic rings. The number of amides is 1. The molecule has 3 aromatic carbocycles. The van der Waals surface area contributed by atoms with Crippen LogP contribution in [0.4, 0.5) is 0 Å². The fraction of sp³-hybridized carbons (Fsp3) is 0.125. The second-order valence-electron chi connectivity index (χ2n) is 7.12. The first-order chi connectivity index (χ1) is 14.3. The molecule has 2 heterocycles. The van der Waals surface area contributed by atoms with Crippen LogP contribution in [-0.4, -0.2) is 25.8 Å². The molecule has 5 rings (SSSR count). The summed E-state index contributed by atoms with van der Waals surface area (Å²) in [5, 5.41) is 8.76. The van der Waals surface area contributed by atoms with E-state index in [1.54, 1.807) is 0 Å². The third-order valence-electron chi connectivity index (χ3n) is 5.26. The molecule has 1 amide bonds. The molecular formula is C24H20N4O. The van der Waals surface area contributed by atoms with Gasteiger partial charge in [0.05, 0.1) is 23.5 Å². The molecular weight excluding hydrogens is 360 g/mol. The normalized spacial score (nSPS) is 14.6. The van der Waals surface area contributed by atoms with Crippen molar-refractivity contribution in [2.24, 2.45) is 0 Å². The zero-order valence-corrected chi connectivity index (χ0v) is 15.9. The van der Waals surface area contributed by atoms with Crippen molar-refractivity contribution >= 4 is 28.3 Å². The summed E-state index contributed by atoms with van der Waals surface area (Å²) < 4.78 is 1.89. The predicted molar refractivity (Wildman–Crippen MR) is 113 cm³/mol. The van der Waals surface area contributed by atoms with E-state index in [1.165, 1.54) is 0 Å². The van der Waals surface area contributed by atoms with Crippen LogP contribution >= 0.6 is 0 Å². The van der Waals surface area contributed by atoms with Gasteiger partial charge in [-0.3, -0.25) is 4.79 Å². The van der Waals surface area contributed by atoms with E-state index < -0.39 is 0 Å². The van der Waals surface area contributed by atoms with Gasteiger partial charge in [-0.2, -0.15) is 0 Å². The Balaban J connectivity index is 1.71. The highest BCUT2D eigenvalue weighted by Gasteiger charge is 2.30. The summed E-state index contributed by atoms with van der Waals surface area (Å²) in [5.41, 5.74) is 5.80. The van der Waals surface area contributed by atoms with Crippen molar-refractivity contribution in [3.63, 3.8) is 0 Å². The lowest BCUT2D eigenvalue weighted by atomic mass is 10.00. The maximum Gasteiger partial charge on any atom is 0.227 e. The van der Waals surface area contributed by atoms with E-state index in [4.69, 9.17) is 0 Å². The van der Waals surface area contributed by atoms with Crippen molar-refractivity contribution in [2.45, 2.75) is 19.4 Å². The topological polar surface area (TPSA) is 51.0 Å². The first-order valence-electron chi connectivity index (χ1n) is 9.75. The summed E-state index contributed by atoms with van der Waals surface area (Å²) in [4.78, 5) is 14.9. The van der Waals surface area contributed by atoms with Gasteiger partial charge in [-0.1, -0.05) is 78.0 Å². The third-order valence-corrected chi connectivity index (χ3v) is 5.26. The van der Waals surface area contributed by atoms with Crippen molar-refractivity contribution in [2.75, 3.05) is 0 Å². The van der Waals surface area contributed by atoms with Crippen LogP contribution in [0.1, 0.15) is 24.0 Å². The Hall–Kier alpha value is -3.73. The number of allylic oxidation sites excluding steroid dienone is 1. The Morgan fingerprint density at radius 1 is 0.793 bits per heavy atom. The summed E-state index contributed by atoms with van der Waals surface area (Å²) in [6, 6.07) is 28.1. The SMILES string of the molecule is O=C1CCC(n2nnc3ccccc32)=C(c2ccccc2)N1Cc1ccccc1. The zero-order valence-electron chi connectivity index (χ0n) is 15.9. The second-order valence-corrected chi connectivity index (χ2v) is 7.12. The van der Waals surface area contributed by atoms with Gasteiger partial charge >= 0.3 is 0 Å². The minimum absolute atomic E-state index is 0.126. The number of benzene rings is 3. The lowest BCUT2D eigenvalue weighted by molar-refractivity contribution is -0.128. The van der Waals surface area contributed by atoms with Gasteiger partial charge in [0.1, 0.15) is 5.52 Å². The number of hydrogen-bond acceptors (Lipinski definition) is 3. The van der Waals surface area contributed by atoms with Gasteiger partial charge in [-0.05, 0) is 17.7 Å². The van der Waals surface area contributed by atoms with Gasteiger partial charge in [0.15, 0.2) is 0 Å². The maximum absolute atomic E-state index is 13.0. The summed E-state index contributed by atoms with van der Waals surface area (Å²) in [6.45, 7) is 0.528. The van der Waals surface area contributed by atoms with Gasteiger partial charge in [-0.15, -0.1) is 5.10 Å². The minimum atomic E-state index is 0.126. The smallest absolute Gasteiger partial charge is 0.227 e. The molecule has 0 bridgehead atoms. The fourth-order valence-electron chi connectivity index (χ4n) is 3.89. The molecule has 0 aliphatic carbocycles. The van der Waals surface area contributed by atoms with E-state index in [0.29, 0.717) is 19.4 Å². The van der Waals surface area contributed by atoms with E-state index in [2.05, 4.69) is 22.4 Å². The summed E-state index contributed by atoms with van der Waals surface area (Å²) in [5.74, 6) is 0.126.